The molecule has 6 heteroatoms. The Bertz CT molecular complexity index is 500. The van der Waals surface area contributed by atoms with Crippen molar-refractivity contribution in [2.75, 3.05) is 31.3 Å². The van der Waals surface area contributed by atoms with Gasteiger partial charge in [0.25, 0.3) is 0 Å². The summed E-state index contributed by atoms with van der Waals surface area (Å²) in [6.07, 6.45) is 1.87. The summed E-state index contributed by atoms with van der Waals surface area (Å²) >= 11 is 1.27. The second-order valence-corrected chi connectivity index (χ2v) is 5.24. The van der Waals surface area contributed by atoms with E-state index in [0.717, 1.165) is 12.8 Å². The summed E-state index contributed by atoms with van der Waals surface area (Å²) in [5.74, 6) is 0.193. The summed E-state index contributed by atoms with van der Waals surface area (Å²) in [5, 5.41) is 12.8. The van der Waals surface area contributed by atoms with Crippen LogP contribution in [0, 0.1) is 17.2 Å². The van der Waals surface area contributed by atoms with Crippen LogP contribution in [0.25, 0.3) is 0 Å². The van der Waals surface area contributed by atoms with E-state index in [1.54, 1.807) is 7.11 Å². The minimum Gasteiger partial charge on any atom is -0.396 e. The molecule has 1 heterocycles. The smallest absolute Gasteiger partial charge is 0.178 e. The van der Waals surface area contributed by atoms with Crippen molar-refractivity contribution in [3.63, 3.8) is 0 Å². The van der Waals surface area contributed by atoms with Crippen molar-refractivity contribution >= 4 is 27.8 Å². The first-order valence-electron chi connectivity index (χ1n) is 5.78. The number of nitrogens with one attached hydrogen (secondary N) is 1. The van der Waals surface area contributed by atoms with E-state index in [1.165, 1.54) is 11.3 Å². The van der Waals surface area contributed by atoms with Crippen LogP contribution in [-0.4, -0.2) is 26.0 Å². The van der Waals surface area contributed by atoms with E-state index in [0.29, 0.717) is 34.3 Å². The van der Waals surface area contributed by atoms with Crippen LogP contribution in [0.4, 0.5) is 10.7 Å². The Kier molecular flexibility index (Phi) is 3.84. The zero-order valence-electron chi connectivity index (χ0n) is 10.2. The predicted molar refractivity (Wildman–Crippen MR) is 70.9 cm³/mol. The molecule has 0 radical (unpaired) electrons. The van der Waals surface area contributed by atoms with Gasteiger partial charge < -0.3 is 15.8 Å². The molecule has 1 aliphatic rings. The third kappa shape index (κ3) is 2.47. The normalized spacial score (nSPS) is 14.2. The minimum atomic E-state index is 0.0776. The van der Waals surface area contributed by atoms with E-state index in [4.69, 9.17) is 15.7 Å². The molecule has 1 aliphatic carbocycles. The quantitative estimate of drug-likeness (QED) is 0.605. The average molecular weight is 265 g/mol. The Hall–Kier alpha value is -1.58. The van der Waals surface area contributed by atoms with Crippen molar-refractivity contribution in [1.29, 1.82) is 5.26 Å². The number of hydrogen-bond donors (Lipinski definition) is 2. The van der Waals surface area contributed by atoms with E-state index >= 15 is 0 Å². The van der Waals surface area contributed by atoms with Crippen LogP contribution in [0.5, 0.6) is 0 Å². The lowest BCUT2D eigenvalue weighted by molar-refractivity contribution is 0.0972. The van der Waals surface area contributed by atoms with Crippen LogP contribution in [0.3, 0.4) is 0 Å². The van der Waals surface area contributed by atoms with Crippen molar-refractivity contribution < 1.29 is 9.53 Å². The first kappa shape index (κ1) is 12.9. The zero-order chi connectivity index (χ0) is 13.1. The van der Waals surface area contributed by atoms with Crippen molar-refractivity contribution in [1.82, 2.24) is 0 Å². The van der Waals surface area contributed by atoms with Gasteiger partial charge in [-0.1, -0.05) is 0 Å². The van der Waals surface area contributed by atoms with E-state index in [9.17, 15) is 4.79 Å². The molecule has 1 aromatic rings. The largest absolute Gasteiger partial charge is 0.396 e. The average Bonchev–Trinajstić information content (AvgIpc) is 3.15. The number of methoxy groups -OCH3 is 1. The molecule has 1 saturated carbocycles. The Morgan fingerprint density at radius 2 is 2.39 bits per heavy atom. The SMILES string of the molecule is COCCNc1sc(C(=O)C2CC2)c(N)c1C#N. The lowest BCUT2D eigenvalue weighted by Gasteiger charge is -2.02. The minimum absolute atomic E-state index is 0.0776. The highest BCUT2D eigenvalue weighted by Gasteiger charge is 2.34. The monoisotopic (exact) mass is 265 g/mol. The van der Waals surface area contributed by atoms with Crippen LogP contribution >= 0.6 is 11.3 Å². The maximum absolute atomic E-state index is 12.0. The van der Waals surface area contributed by atoms with Crippen LogP contribution in [0.15, 0.2) is 0 Å². The molecule has 5 nitrogen and oxygen atoms in total. The highest BCUT2D eigenvalue weighted by molar-refractivity contribution is 7.19. The van der Waals surface area contributed by atoms with Gasteiger partial charge in [-0.2, -0.15) is 5.26 Å². The van der Waals surface area contributed by atoms with E-state index < -0.39 is 0 Å². The fourth-order valence-corrected chi connectivity index (χ4v) is 2.78. The molecule has 0 aliphatic heterocycles. The van der Waals surface area contributed by atoms with E-state index in [1.807, 2.05) is 0 Å². The van der Waals surface area contributed by atoms with Gasteiger partial charge in [-0.3, -0.25) is 4.79 Å². The van der Waals surface area contributed by atoms with Gasteiger partial charge in [-0.25, -0.2) is 0 Å². The number of carbonyl (C=O) groups excluding carboxylic acids is 1. The van der Waals surface area contributed by atoms with Crippen LogP contribution in [0.2, 0.25) is 0 Å². The van der Waals surface area contributed by atoms with Gasteiger partial charge in [0, 0.05) is 19.6 Å². The maximum Gasteiger partial charge on any atom is 0.178 e. The molecule has 1 aromatic heterocycles. The molecule has 96 valence electrons. The van der Waals surface area contributed by atoms with Gasteiger partial charge in [0.15, 0.2) is 5.78 Å². The van der Waals surface area contributed by atoms with Crippen molar-refractivity contribution in [2.24, 2.45) is 5.92 Å². The fraction of sp³-hybridized carbons (Fsp3) is 0.500. The molecule has 0 spiro atoms. The number of anilines is 2. The standard InChI is InChI=1S/C12H15N3O2S/c1-17-5-4-15-12-8(6-13)9(14)11(18-12)10(16)7-2-3-7/h7,15H,2-5,14H2,1H3. The van der Waals surface area contributed by atoms with Crippen LogP contribution in [-0.2, 0) is 4.74 Å². The van der Waals surface area contributed by atoms with E-state index in [-0.39, 0.29) is 11.7 Å². The van der Waals surface area contributed by atoms with Crippen molar-refractivity contribution in [2.45, 2.75) is 12.8 Å². The predicted octanol–water partition coefficient (Wildman–Crippen LogP) is 1.85. The Morgan fingerprint density at radius 3 is 2.94 bits per heavy atom. The number of nitrogens with two attached hydrogens (primary N) is 1. The number of rotatable bonds is 6. The summed E-state index contributed by atoms with van der Waals surface area (Å²) < 4.78 is 4.93. The molecule has 0 aromatic carbocycles. The second-order valence-electron chi connectivity index (χ2n) is 4.22. The second kappa shape index (κ2) is 5.38. The number of ketones is 1. The maximum atomic E-state index is 12.0. The number of hydrogen-bond acceptors (Lipinski definition) is 6. The molecule has 0 amide bonds. The lowest BCUT2D eigenvalue weighted by Crippen LogP contribution is -2.07. The summed E-state index contributed by atoms with van der Waals surface area (Å²) in [6, 6.07) is 2.06. The van der Waals surface area contributed by atoms with Gasteiger partial charge in [0.05, 0.1) is 17.2 Å². The first-order valence-corrected chi connectivity index (χ1v) is 6.60. The molecule has 1 fully saturated rings. The Labute approximate surface area is 110 Å². The summed E-state index contributed by atoms with van der Waals surface area (Å²) in [4.78, 5) is 12.5. The first-order chi connectivity index (χ1) is 8.69. The molecular weight excluding hydrogens is 250 g/mol. The molecular formula is C12H15N3O2S. The fourth-order valence-electron chi connectivity index (χ4n) is 1.66. The molecule has 0 unspecified atom stereocenters. The summed E-state index contributed by atoms with van der Waals surface area (Å²) in [6.45, 7) is 1.12. The van der Waals surface area contributed by atoms with Gasteiger partial charge in [0.1, 0.15) is 16.6 Å². The highest BCUT2D eigenvalue weighted by atomic mass is 32.1. The number of thiophene rings is 1. The number of nitrogens with zero attached hydrogens (tertiary/aromatic N) is 1. The molecule has 2 rings (SSSR count). The number of Topliss-reactive ketones (excluding diaryl/α,β-unsaturated/α-hetero) is 1. The summed E-state index contributed by atoms with van der Waals surface area (Å²) in [5.41, 5.74) is 6.58. The third-order valence-electron chi connectivity index (χ3n) is 2.82. The van der Waals surface area contributed by atoms with Gasteiger partial charge in [0.2, 0.25) is 0 Å². The molecule has 3 N–H and O–H groups in total. The summed E-state index contributed by atoms with van der Waals surface area (Å²) in [7, 11) is 1.61. The van der Waals surface area contributed by atoms with Gasteiger partial charge in [-0.15, -0.1) is 11.3 Å². The Morgan fingerprint density at radius 1 is 1.67 bits per heavy atom. The van der Waals surface area contributed by atoms with E-state index in [2.05, 4.69) is 11.4 Å². The number of ether oxygens (including phenoxy) is 1. The highest BCUT2D eigenvalue weighted by Crippen LogP contribution is 2.41. The van der Waals surface area contributed by atoms with Crippen LogP contribution in [0.1, 0.15) is 28.1 Å². The van der Waals surface area contributed by atoms with Gasteiger partial charge in [-0.05, 0) is 12.8 Å². The zero-order valence-corrected chi connectivity index (χ0v) is 11.0. The molecule has 0 atom stereocenters. The molecule has 0 bridgehead atoms. The number of nitrogen functional groups attached to an aromatic ring is 1. The lowest BCUT2D eigenvalue weighted by atomic mass is 10.1. The Balaban J connectivity index is 2.21. The number of carbonyl (C=O) groups is 1. The molecule has 18 heavy (non-hydrogen) atoms. The van der Waals surface area contributed by atoms with Crippen molar-refractivity contribution in [3.8, 4) is 6.07 Å². The van der Waals surface area contributed by atoms with Crippen molar-refractivity contribution in [3.05, 3.63) is 10.4 Å². The number of nitriles is 1. The molecule has 0 saturated heterocycles. The third-order valence-corrected chi connectivity index (χ3v) is 4.00. The van der Waals surface area contributed by atoms with Gasteiger partial charge >= 0.3 is 0 Å². The topological polar surface area (TPSA) is 88.1 Å². The van der Waals surface area contributed by atoms with Crippen LogP contribution < -0.4 is 11.1 Å².